The number of nitrogens with one attached hydrogen (secondary N) is 1. The Balaban J connectivity index is 2.81. The van der Waals surface area contributed by atoms with Crippen LogP contribution in [-0.4, -0.2) is 5.54 Å². The molecule has 1 aromatic rings. The van der Waals surface area contributed by atoms with E-state index in [1.165, 1.54) is 12.1 Å². The fraction of sp³-hybridized carbons (Fsp3) is 0.625. The van der Waals surface area contributed by atoms with Gasteiger partial charge in [0, 0.05) is 16.1 Å². The van der Waals surface area contributed by atoms with Crippen molar-refractivity contribution in [3.05, 3.63) is 34.1 Å². The van der Waals surface area contributed by atoms with Crippen molar-refractivity contribution in [2.75, 3.05) is 0 Å². The van der Waals surface area contributed by atoms with Crippen molar-refractivity contribution in [3.63, 3.8) is 0 Å². The van der Waals surface area contributed by atoms with Gasteiger partial charge in [-0.25, -0.2) is 4.39 Å². The van der Waals surface area contributed by atoms with Gasteiger partial charge in [-0.1, -0.05) is 42.8 Å². The van der Waals surface area contributed by atoms with Crippen LogP contribution in [0.25, 0.3) is 0 Å². The first-order valence-corrected chi connectivity index (χ1v) is 7.52. The fourth-order valence-corrected chi connectivity index (χ4v) is 3.59. The lowest BCUT2D eigenvalue weighted by molar-refractivity contribution is 0.226. The predicted molar refractivity (Wildman–Crippen MR) is 83.8 cm³/mol. The van der Waals surface area contributed by atoms with E-state index in [1.54, 1.807) is 0 Å². The Kier molecular flexibility index (Phi) is 5.19. The van der Waals surface area contributed by atoms with Crippen LogP contribution in [0.5, 0.6) is 0 Å². The smallest absolute Gasteiger partial charge is 0.124 e. The molecular formula is C16H25BrFN. The molecule has 1 nitrogen and oxygen atoms in total. The minimum absolute atomic E-state index is 0.0332. The lowest BCUT2D eigenvalue weighted by atomic mass is 9.81. The molecule has 0 aliphatic carbocycles. The van der Waals surface area contributed by atoms with Crippen LogP contribution in [0, 0.1) is 11.2 Å². The molecule has 0 aliphatic rings. The maximum atomic E-state index is 13.1. The summed E-state index contributed by atoms with van der Waals surface area (Å²) in [7, 11) is 0. The zero-order valence-corrected chi connectivity index (χ0v) is 14.4. The van der Waals surface area contributed by atoms with E-state index in [-0.39, 0.29) is 22.8 Å². The summed E-state index contributed by atoms with van der Waals surface area (Å²) in [6.07, 6.45) is 1.07. The Morgan fingerprint density at radius 3 is 2.26 bits per heavy atom. The average molecular weight is 330 g/mol. The van der Waals surface area contributed by atoms with Crippen molar-refractivity contribution in [1.29, 1.82) is 0 Å². The quantitative estimate of drug-likeness (QED) is 0.774. The van der Waals surface area contributed by atoms with Crippen LogP contribution in [0.1, 0.15) is 59.6 Å². The summed E-state index contributed by atoms with van der Waals surface area (Å²) < 4.78 is 13.9. The maximum Gasteiger partial charge on any atom is 0.124 e. The largest absolute Gasteiger partial charge is 0.305 e. The molecule has 1 rings (SSSR count). The number of hydrogen-bond donors (Lipinski definition) is 1. The van der Waals surface area contributed by atoms with Gasteiger partial charge in [0.05, 0.1) is 0 Å². The molecule has 3 heteroatoms. The van der Waals surface area contributed by atoms with E-state index in [9.17, 15) is 4.39 Å². The Hall–Kier alpha value is -0.410. The fourth-order valence-electron chi connectivity index (χ4n) is 2.89. The average Bonchev–Trinajstić information content (AvgIpc) is 2.11. The van der Waals surface area contributed by atoms with Gasteiger partial charge in [0.15, 0.2) is 0 Å². The SMILES string of the molecule is CC(NC(C)(C)CC(C)(C)C)c1ccc(F)cc1Br. The predicted octanol–water partition coefficient (Wildman–Crippen LogP) is 5.45. The van der Waals surface area contributed by atoms with Crippen molar-refractivity contribution in [3.8, 4) is 0 Å². The Morgan fingerprint density at radius 2 is 1.79 bits per heavy atom. The van der Waals surface area contributed by atoms with Crippen LogP contribution in [-0.2, 0) is 0 Å². The van der Waals surface area contributed by atoms with Gasteiger partial charge in [-0.05, 0) is 50.3 Å². The number of hydrogen-bond acceptors (Lipinski definition) is 1. The number of rotatable bonds is 4. The van der Waals surface area contributed by atoms with Gasteiger partial charge < -0.3 is 5.32 Å². The van der Waals surface area contributed by atoms with E-state index in [4.69, 9.17) is 0 Å². The second-order valence-electron chi connectivity index (χ2n) is 7.15. The van der Waals surface area contributed by atoms with Gasteiger partial charge in [-0.15, -0.1) is 0 Å². The van der Waals surface area contributed by atoms with E-state index >= 15 is 0 Å². The summed E-state index contributed by atoms with van der Waals surface area (Å²) >= 11 is 3.44. The third kappa shape index (κ3) is 5.62. The molecule has 0 aromatic heterocycles. The molecule has 0 saturated carbocycles. The van der Waals surface area contributed by atoms with Gasteiger partial charge in [0.2, 0.25) is 0 Å². The van der Waals surface area contributed by atoms with Crippen LogP contribution in [0.4, 0.5) is 4.39 Å². The van der Waals surface area contributed by atoms with Crippen LogP contribution in [0.3, 0.4) is 0 Å². The third-order valence-corrected chi connectivity index (χ3v) is 3.70. The van der Waals surface area contributed by atoms with E-state index in [1.807, 2.05) is 6.07 Å². The number of halogens is 2. The van der Waals surface area contributed by atoms with Crippen LogP contribution >= 0.6 is 15.9 Å². The summed E-state index contributed by atoms with van der Waals surface area (Å²) in [5.74, 6) is -0.211. The summed E-state index contributed by atoms with van der Waals surface area (Å²) in [5.41, 5.74) is 1.39. The highest BCUT2D eigenvalue weighted by atomic mass is 79.9. The van der Waals surface area contributed by atoms with E-state index in [0.29, 0.717) is 0 Å². The van der Waals surface area contributed by atoms with E-state index in [0.717, 1.165) is 16.5 Å². The van der Waals surface area contributed by atoms with Gasteiger partial charge in [0.1, 0.15) is 5.82 Å². The second-order valence-corrected chi connectivity index (χ2v) is 8.01. The second kappa shape index (κ2) is 5.92. The monoisotopic (exact) mass is 329 g/mol. The summed E-state index contributed by atoms with van der Waals surface area (Å²) in [4.78, 5) is 0. The molecule has 1 N–H and O–H groups in total. The molecule has 0 spiro atoms. The highest BCUT2D eigenvalue weighted by Gasteiger charge is 2.27. The van der Waals surface area contributed by atoms with Crippen molar-refractivity contribution in [2.24, 2.45) is 5.41 Å². The number of benzene rings is 1. The van der Waals surface area contributed by atoms with E-state index in [2.05, 4.69) is 62.8 Å². The zero-order chi connectivity index (χ0) is 14.8. The highest BCUT2D eigenvalue weighted by Crippen LogP contribution is 2.31. The Labute approximate surface area is 125 Å². The van der Waals surface area contributed by atoms with Gasteiger partial charge in [-0.2, -0.15) is 0 Å². The molecule has 0 amide bonds. The molecule has 1 unspecified atom stereocenters. The highest BCUT2D eigenvalue weighted by molar-refractivity contribution is 9.10. The van der Waals surface area contributed by atoms with Gasteiger partial charge in [0.25, 0.3) is 0 Å². The van der Waals surface area contributed by atoms with Crippen molar-refractivity contribution in [2.45, 2.75) is 59.5 Å². The molecule has 0 fully saturated rings. The van der Waals surface area contributed by atoms with Crippen molar-refractivity contribution in [1.82, 2.24) is 5.32 Å². The zero-order valence-electron chi connectivity index (χ0n) is 12.8. The maximum absolute atomic E-state index is 13.1. The molecule has 1 aromatic carbocycles. The van der Waals surface area contributed by atoms with Gasteiger partial charge >= 0.3 is 0 Å². The Morgan fingerprint density at radius 1 is 1.21 bits per heavy atom. The minimum Gasteiger partial charge on any atom is -0.305 e. The van der Waals surface area contributed by atoms with E-state index < -0.39 is 0 Å². The van der Waals surface area contributed by atoms with Crippen LogP contribution in [0.2, 0.25) is 0 Å². The topological polar surface area (TPSA) is 12.0 Å². The normalized spacial score (nSPS) is 14.5. The molecular weight excluding hydrogens is 305 g/mol. The summed E-state index contributed by atoms with van der Waals surface area (Å²) in [5, 5.41) is 3.64. The van der Waals surface area contributed by atoms with Crippen LogP contribution < -0.4 is 5.32 Å². The molecule has 108 valence electrons. The molecule has 0 aliphatic heterocycles. The standard InChI is InChI=1S/C16H25BrFN/c1-11(13-8-7-12(18)9-14(13)17)19-16(5,6)10-15(2,3)4/h7-9,11,19H,10H2,1-6H3. The van der Waals surface area contributed by atoms with Crippen LogP contribution in [0.15, 0.2) is 22.7 Å². The van der Waals surface area contributed by atoms with Gasteiger partial charge in [-0.3, -0.25) is 0 Å². The molecule has 0 bridgehead atoms. The first kappa shape index (κ1) is 16.6. The first-order chi connectivity index (χ1) is 8.50. The molecule has 0 saturated heterocycles. The van der Waals surface area contributed by atoms with Crippen molar-refractivity contribution >= 4 is 15.9 Å². The first-order valence-electron chi connectivity index (χ1n) is 6.73. The molecule has 19 heavy (non-hydrogen) atoms. The third-order valence-electron chi connectivity index (χ3n) is 3.01. The summed E-state index contributed by atoms with van der Waals surface area (Å²) in [6.45, 7) is 13.3. The minimum atomic E-state index is -0.211. The lowest BCUT2D eigenvalue weighted by Crippen LogP contribution is -2.43. The molecule has 1 atom stereocenters. The molecule has 0 heterocycles. The molecule has 0 radical (unpaired) electrons. The lowest BCUT2D eigenvalue weighted by Gasteiger charge is -2.36. The van der Waals surface area contributed by atoms with Crippen molar-refractivity contribution < 1.29 is 4.39 Å². The summed E-state index contributed by atoms with van der Waals surface area (Å²) in [6, 6.07) is 5.04. The Bertz CT molecular complexity index is 435.